The van der Waals surface area contributed by atoms with Gasteiger partial charge in [0.25, 0.3) is 5.91 Å². The fourth-order valence-electron chi connectivity index (χ4n) is 3.00. The van der Waals surface area contributed by atoms with Gasteiger partial charge in [-0.3, -0.25) is 15.0 Å². The maximum absolute atomic E-state index is 12.4. The number of nitrogens with zero attached hydrogens (tertiary/aromatic N) is 1. The van der Waals surface area contributed by atoms with E-state index in [0.717, 1.165) is 5.69 Å². The molecule has 3 rings (SSSR count). The number of fused-ring (bicyclic) bond motifs is 1. The molecule has 0 radical (unpaired) electrons. The van der Waals surface area contributed by atoms with Crippen molar-refractivity contribution in [3.8, 4) is 5.75 Å². The van der Waals surface area contributed by atoms with E-state index < -0.39 is 6.10 Å². The maximum Gasteiger partial charge on any atom is 0.309 e. The molecule has 1 atom stereocenters. The molecule has 1 unspecified atom stereocenters. The highest BCUT2D eigenvalue weighted by atomic mass is 35.5. The average molecular weight is 368 g/mol. The Hall–Kier alpha value is -1.99. The number of nitrogens with one attached hydrogen (secondary N) is 2. The zero-order chi connectivity index (χ0) is 17.8. The number of hydrogen-bond donors (Lipinski definition) is 2. The smallest absolute Gasteiger partial charge is 0.309 e. The first-order valence-electron chi connectivity index (χ1n) is 8.49. The summed E-state index contributed by atoms with van der Waals surface area (Å²) in [7, 11) is 0. The van der Waals surface area contributed by atoms with E-state index in [1.165, 1.54) is 0 Å². The third-order valence-corrected chi connectivity index (χ3v) is 4.60. The molecule has 8 heteroatoms. The third kappa shape index (κ3) is 4.35. The van der Waals surface area contributed by atoms with Gasteiger partial charge in [-0.1, -0.05) is 11.6 Å². The van der Waals surface area contributed by atoms with Crippen molar-refractivity contribution in [1.29, 1.82) is 0 Å². The Morgan fingerprint density at radius 1 is 1.40 bits per heavy atom. The predicted octanol–water partition coefficient (Wildman–Crippen LogP) is 1.82. The molecule has 2 aliphatic rings. The molecule has 1 aromatic carbocycles. The molecule has 2 heterocycles. The third-order valence-electron chi connectivity index (χ3n) is 4.36. The van der Waals surface area contributed by atoms with Gasteiger partial charge in [0.05, 0.1) is 24.8 Å². The molecule has 1 saturated heterocycles. The summed E-state index contributed by atoms with van der Waals surface area (Å²) in [5.74, 6) is 0.167. The van der Waals surface area contributed by atoms with Gasteiger partial charge < -0.3 is 14.8 Å². The van der Waals surface area contributed by atoms with Gasteiger partial charge in [-0.25, -0.2) is 5.01 Å². The normalized spacial score (nSPS) is 20.8. The van der Waals surface area contributed by atoms with Crippen molar-refractivity contribution in [1.82, 2.24) is 10.4 Å². The number of carbonyl (C=O) groups is 2. The van der Waals surface area contributed by atoms with Gasteiger partial charge in [-0.2, -0.15) is 0 Å². The van der Waals surface area contributed by atoms with Crippen molar-refractivity contribution < 1.29 is 19.1 Å². The second-order valence-corrected chi connectivity index (χ2v) is 6.55. The topological polar surface area (TPSA) is 79.9 Å². The first kappa shape index (κ1) is 17.8. The number of amides is 1. The van der Waals surface area contributed by atoms with E-state index in [9.17, 15) is 9.59 Å². The molecule has 0 saturated carbocycles. The zero-order valence-electron chi connectivity index (χ0n) is 14.1. The summed E-state index contributed by atoms with van der Waals surface area (Å²) in [5, 5.41) is 5.60. The van der Waals surface area contributed by atoms with Crippen LogP contribution in [0.4, 0.5) is 5.69 Å². The average Bonchev–Trinajstić information content (AvgIpc) is 2.62. The highest BCUT2D eigenvalue weighted by molar-refractivity contribution is 6.30. The number of piperidine rings is 1. The van der Waals surface area contributed by atoms with E-state index >= 15 is 0 Å². The molecule has 0 aliphatic carbocycles. The molecule has 1 aromatic rings. The lowest BCUT2D eigenvalue weighted by atomic mass is 9.98. The zero-order valence-corrected chi connectivity index (χ0v) is 14.8. The summed E-state index contributed by atoms with van der Waals surface area (Å²) >= 11 is 5.94. The predicted molar refractivity (Wildman–Crippen MR) is 93.4 cm³/mol. The van der Waals surface area contributed by atoms with Crippen molar-refractivity contribution in [2.75, 3.05) is 31.6 Å². The summed E-state index contributed by atoms with van der Waals surface area (Å²) in [5.41, 5.74) is 3.66. The second kappa shape index (κ2) is 7.93. The van der Waals surface area contributed by atoms with Crippen LogP contribution in [0.25, 0.3) is 0 Å². The van der Waals surface area contributed by atoms with Gasteiger partial charge in [0.2, 0.25) is 0 Å². The largest absolute Gasteiger partial charge is 0.476 e. The number of anilines is 1. The number of ether oxygens (including phenoxy) is 2. The Balaban J connectivity index is 1.49. The molecule has 1 fully saturated rings. The fraction of sp³-hybridized carbons (Fsp3) is 0.529. The lowest BCUT2D eigenvalue weighted by Crippen LogP contribution is -2.53. The molecule has 2 N–H and O–H groups in total. The minimum atomic E-state index is -0.614. The number of hydrogen-bond acceptors (Lipinski definition) is 6. The number of esters is 1. The van der Waals surface area contributed by atoms with Gasteiger partial charge in [0.1, 0.15) is 5.75 Å². The summed E-state index contributed by atoms with van der Waals surface area (Å²) in [6.07, 6.45) is 0.727. The highest BCUT2D eigenvalue weighted by Crippen LogP contribution is 2.31. The van der Waals surface area contributed by atoms with Crippen molar-refractivity contribution in [3.05, 3.63) is 23.2 Å². The number of carbonyl (C=O) groups excluding carboxylic acids is 2. The lowest BCUT2D eigenvalue weighted by molar-refractivity contribution is -0.150. The first-order chi connectivity index (χ1) is 12.1. The van der Waals surface area contributed by atoms with Crippen LogP contribution in [0.3, 0.4) is 0 Å². The number of benzene rings is 1. The molecular weight excluding hydrogens is 346 g/mol. The van der Waals surface area contributed by atoms with Crippen LogP contribution in [-0.4, -0.2) is 49.2 Å². The molecule has 7 nitrogen and oxygen atoms in total. The standard InChI is InChI=1S/C17H22ClN3O4/c1-2-24-17(23)11-5-7-21(8-6-11)20-16(22)15-10-19-13-9-12(18)3-4-14(13)25-15/h3-4,9,11,15,19H,2,5-8,10H2,1H3,(H,20,22). The van der Waals surface area contributed by atoms with Crippen molar-refractivity contribution in [2.24, 2.45) is 5.92 Å². The van der Waals surface area contributed by atoms with E-state index in [0.29, 0.717) is 49.9 Å². The Kier molecular flexibility index (Phi) is 5.65. The molecule has 0 spiro atoms. The minimum Gasteiger partial charge on any atom is -0.476 e. The first-order valence-corrected chi connectivity index (χ1v) is 8.86. The molecule has 0 aromatic heterocycles. The molecule has 2 aliphatic heterocycles. The van der Waals surface area contributed by atoms with Gasteiger partial charge in [0.15, 0.2) is 6.10 Å². The van der Waals surface area contributed by atoms with Crippen LogP contribution in [0.5, 0.6) is 5.75 Å². The molecule has 0 bridgehead atoms. The van der Waals surface area contributed by atoms with Crippen molar-refractivity contribution >= 4 is 29.2 Å². The Bertz CT molecular complexity index is 647. The molecule has 25 heavy (non-hydrogen) atoms. The van der Waals surface area contributed by atoms with Gasteiger partial charge in [0, 0.05) is 18.1 Å². The minimum absolute atomic E-state index is 0.0858. The summed E-state index contributed by atoms with van der Waals surface area (Å²) in [4.78, 5) is 24.2. The van der Waals surface area contributed by atoms with Crippen LogP contribution in [-0.2, 0) is 14.3 Å². The number of halogens is 1. The van der Waals surface area contributed by atoms with E-state index in [-0.39, 0.29) is 17.8 Å². The van der Waals surface area contributed by atoms with Crippen LogP contribution in [0.15, 0.2) is 18.2 Å². The maximum atomic E-state index is 12.4. The van der Waals surface area contributed by atoms with Gasteiger partial charge in [-0.15, -0.1) is 0 Å². The molecule has 136 valence electrons. The Morgan fingerprint density at radius 3 is 2.88 bits per heavy atom. The lowest BCUT2D eigenvalue weighted by Gasteiger charge is -2.33. The van der Waals surface area contributed by atoms with Gasteiger partial charge >= 0.3 is 5.97 Å². The molecule has 1 amide bonds. The van der Waals surface area contributed by atoms with E-state index in [1.807, 2.05) is 5.01 Å². The van der Waals surface area contributed by atoms with Crippen LogP contribution >= 0.6 is 11.6 Å². The SMILES string of the molecule is CCOC(=O)C1CCN(NC(=O)C2CNc3cc(Cl)ccc3O2)CC1. The van der Waals surface area contributed by atoms with Gasteiger partial charge in [-0.05, 0) is 38.0 Å². The fourth-order valence-corrected chi connectivity index (χ4v) is 3.17. The van der Waals surface area contributed by atoms with Crippen LogP contribution in [0.1, 0.15) is 19.8 Å². The number of rotatable bonds is 4. The highest BCUT2D eigenvalue weighted by Gasteiger charge is 2.30. The summed E-state index contributed by atoms with van der Waals surface area (Å²) < 4.78 is 10.8. The van der Waals surface area contributed by atoms with E-state index in [1.54, 1.807) is 25.1 Å². The van der Waals surface area contributed by atoms with Crippen molar-refractivity contribution in [3.63, 3.8) is 0 Å². The van der Waals surface area contributed by atoms with Crippen molar-refractivity contribution in [2.45, 2.75) is 25.9 Å². The van der Waals surface area contributed by atoms with Crippen LogP contribution < -0.4 is 15.5 Å². The summed E-state index contributed by atoms with van der Waals surface area (Å²) in [6, 6.07) is 5.24. The van der Waals surface area contributed by atoms with E-state index in [4.69, 9.17) is 21.1 Å². The summed E-state index contributed by atoms with van der Waals surface area (Å²) in [6.45, 7) is 3.80. The van der Waals surface area contributed by atoms with Crippen LogP contribution in [0.2, 0.25) is 5.02 Å². The Morgan fingerprint density at radius 2 is 2.16 bits per heavy atom. The van der Waals surface area contributed by atoms with Crippen LogP contribution in [0, 0.1) is 5.92 Å². The van der Waals surface area contributed by atoms with E-state index in [2.05, 4.69) is 10.7 Å². The molecular formula is C17H22ClN3O4. The Labute approximate surface area is 151 Å². The second-order valence-electron chi connectivity index (χ2n) is 6.12. The monoisotopic (exact) mass is 367 g/mol. The number of hydrazine groups is 1. The quantitative estimate of drug-likeness (QED) is 0.790.